The number of hydrogen-bond donors (Lipinski definition) is 1. The first-order valence-corrected chi connectivity index (χ1v) is 7.82. The standard InChI is InChI=1S/C12H16ClN3O2S/c1-12(2,3)15-19(17,18)11-9(8-13)14-10-6-4-5-7-16(10)11/h4-7,15H,8H2,1-3H3. The molecule has 0 aliphatic rings. The highest BCUT2D eigenvalue weighted by atomic mass is 35.5. The molecule has 0 unspecified atom stereocenters. The zero-order valence-corrected chi connectivity index (χ0v) is 12.6. The molecule has 0 atom stereocenters. The molecule has 19 heavy (non-hydrogen) atoms. The lowest BCUT2D eigenvalue weighted by molar-refractivity contribution is 0.488. The number of pyridine rings is 1. The van der Waals surface area contributed by atoms with Crippen molar-refractivity contribution in [2.45, 2.75) is 37.2 Å². The van der Waals surface area contributed by atoms with Gasteiger partial charge in [-0.3, -0.25) is 4.40 Å². The maximum atomic E-state index is 12.5. The Morgan fingerprint density at radius 1 is 1.37 bits per heavy atom. The summed E-state index contributed by atoms with van der Waals surface area (Å²) in [5, 5.41) is 0.105. The highest BCUT2D eigenvalue weighted by molar-refractivity contribution is 7.89. The van der Waals surface area contributed by atoms with E-state index in [1.165, 1.54) is 4.40 Å². The van der Waals surface area contributed by atoms with E-state index in [0.29, 0.717) is 11.3 Å². The summed E-state index contributed by atoms with van der Waals surface area (Å²) >= 11 is 5.81. The molecule has 0 aliphatic carbocycles. The van der Waals surface area contributed by atoms with E-state index >= 15 is 0 Å². The van der Waals surface area contributed by atoms with Gasteiger partial charge >= 0.3 is 0 Å². The quantitative estimate of drug-likeness (QED) is 0.884. The van der Waals surface area contributed by atoms with Gasteiger partial charge < -0.3 is 0 Å². The number of alkyl halides is 1. The van der Waals surface area contributed by atoms with Crippen molar-refractivity contribution < 1.29 is 8.42 Å². The van der Waals surface area contributed by atoms with Gasteiger partial charge in [0.05, 0.1) is 11.6 Å². The molecular formula is C12H16ClN3O2S. The first-order valence-electron chi connectivity index (χ1n) is 5.80. The molecule has 7 heteroatoms. The Bertz CT molecular complexity index is 701. The van der Waals surface area contributed by atoms with Crippen LogP contribution in [0.15, 0.2) is 29.4 Å². The molecular weight excluding hydrogens is 286 g/mol. The van der Waals surface area contributed by atoms with Gasteiger partial charge in [0.1, 0.15) is 5.65 Å². The van der Waals surface area contributed by atoms with Crippen molar-refractivity contribution in [1.29, 1.82) is 0 Å². The predicted octanol–water partition coefficient (Wildman–Crippen LogP) is 2.15. The van der Waals surface area contributed by atoms with Crippen LogP contribution in [-0.4, -0.2) is 23.3 Å². The fourth-order valence-corrected chi connectivity index (χ4v) is 3.85. The van der Waals surface area contributed by atoms with Gasteiger partial charge in [-0.05, 0) is 32.9 Å². The number of hydrogen-bond acceptors (Lipinski definition) is 3. The van der Waals surface area contributed by atoms with E-state index in [4.69, 9.17) is 11.6 Å². The fraction of sp³-hybridized carbons (Fsp3) is 0.417. The molecule has 1 N–H and O–H groups in total. The molecule has 2 rings (SSSR count). The van der Waals surface area contributed by atoms with E-state index in [9.17, 15) is 8.42 Å². The van der Waals surface area contributed by atoms with Crippen LogP contribution in [0.4, 0.5) is 0 Å². The lowest BCUT2D eigenvalue weighted by Gasteiger charge is -2.20. The van der Waals surface area contributed by atoms with E-state index in [2.05, 4.69) is 9.71 Å². The van der Waals surface area contributed by atoms with Gasteiger partial charge in [-0.2, -0.15) is 0 Å². The topological polar surface area (TPSA) is 63.5 Å². The predicted molar refractivity (Wildman–Crippen MR) is 74.8 cm³/mol. The zero-order chi connectivity index (χ0) is 14.3. The van der Waals surface area contributed by atoms with Gasteiger partial charge in [0.2, 0.25) is 0 Å². The minimum atomic E-state index is -3.68. The van der Waals surface area contributed by atoms with Crippen LogP contribution in [0.5, 0.6) is 0 Å². The van der Waals surface area contributed by atoms with Gasteiger partial charge in [-0.25, -0.2) is 18.1 Å². The van der Waals surface area contributed by atoms with Crippen LogP contribution >= 0.6 is 11.6 Å². The second-order valence-electron chi connectivity index (χ2n) is 5.28. The molecule has 0 saturated carbocycles. The summed E-state index contributed by atoms with van der Waals surface area (Å²) in [6.45, 7) is 5.36. The summed E-state index contributed by atoms with van der Waals surface area (Å²) in [5.41, 5.74) is 0.346. The fourth-order valence-electron chi connectivity index (χ4n) is 1.85. The molecule has 0 saturated heterocycles. The Balaban J connectivity index is 2.67. The maximum Gasteiger partial charge on any atom is 0.258 e. The minimum Gasteiger partial charge on any atom is -0.289 e. The van der Waals surface area contributed by atoms with Crippen LogP contribution in [-0.2, 0) is 15.9 Å². The smallest absolute Gasteiger partial charge is 0.258 e. The largest absolute Gasteiger partial charge is 0.289 e. The molecule has 2 heterocycles. The first-order chi connectivity index (χ1) is 8.74. The molecule has 2 aromatic rings. The van der Waals surface area contributed by atoms with E-state index < -0.39 is 15.6 Å². The van der Waals surface area contributed by atoms with Crippen LogP contribution in [0.1, 0.15) is 26.5 Å². The highest BCUT2D eigenvalue weighted by Crippen LogP contribution is 2.21. The van der Waals surface area contributed by atoms with E-state index in [1.807, 2.05) is 0 Å². The Morgan fingerprint density at radius 2 is 2.05 bits per heavy atom. The van der Waals surface area contributed by atoms with Crippen molar-refractivity contribution in [3.8, 4) is 0 Å². The number of halogens is 1. The molecule has 0 aliphatic heterocycles. The third-order valence-electron chi connectivity index (χ3n) is 2.38. The van der Waals surface area contributed by atoms with Crippen molar-refractivity contribution in [2.24, 2.45) is 0 Å². The monoisotopic (exact) mass is 301 g/mol. The van der Waals surface area contributed by atoms with Gasteiger partial charge in [0, 0.05) is 11.7 Å². The normalized spacial score (nSPS) is 13.1. The Kier molecular flexibility index (Phi) is 3.59. The van der Waals surface area contributed by atoms with Crippen molar-refractivity contribution >= 4 is 27.3 Å². The number of fused-ring (bicyclic) bond motifs is 1. The number of sulfonamides is 1. The molecule has 5 nitrogen and oxygen atoms in total. The lowest BCUT2D eigenvalue weighted by Crippen LogP contribution is -2.41. The van der Waals surface area contributed by atoms with Gasteiger partial charge in [0.25, 0.3) is 10.0 Å². The third kappa shape index (κ3) is 2.91. The van der Waals surface area contributed by atoms with Gasteiger partial charge in [0.15, 0.2) is 5.03 Å². The lowest BCUT2D eigenvalue weighted by atomic mass is 10.1. The zero-order valence-electron chi connectivity index (χ0n) is 11.0. The van der Waals surface area contributed by atoms with Gasteiger partial charge in [-0.15, -0.1) is 11.6 Å². The van der Waals surface area contributed by atoms with E-state index in [0.717, 1.165) is 0 Å². The SMILES string of the molecule is CC(C)(C)NS(=O)(=O)c1c(CCl)nc2ccccn12. The van der Waals surface area contributed by atoms with E-state index in [-0.39, 0.29) is 10.9 Å². The van der Waals surface area contributed by atoms with E-state index in [1.54, 1.807) is 45.2 Å². The number of rotatable bonds is 3. The molecule has 0 fully saturated rings. The molecule has 2 aromatic heterocycles. The van der Waals surface area contributed by atoms with Crippen LogP contribution in [0.2, 0.25) is 0 Å². The summed E-state index contributed by atoms with van der Waals surface area (Å²) in [7, 11) is -3.68. The molecule has 104 valence electrons. The summed E-state index contributed by atoms with van der Waals surface area (Å²) in [4.78, 5) is 4.24. The van der Waals surface area contributed by atoms with Crippen LogP contribution in [0.3, 0.4) is 0 Å². The summed E-state index contributed by atoms with van der Waals surface area (Å²) in [5.74, 6) is 0.0437. The number of nitrogens with zero attached hydrogens (tertiary/aromatic N) is 2. The Morgan fingerprint density at radius 3 is 2.63 bits per heavy atom. The maximum absolute atomic E-state index is 12.5. The third-order valence-corrected chi connectivity index (χ3v) is 4.45. The molecule has 0 bridgehead atoms. The number of nitrogens with one attached hydrogen (secondary N) is 1. The van der Waals surface area contributed by atoms with Crippen LogP contribution in [0, 0.1) is 0 Å². The second-order valence-corrected chi connectivity index (χ2v) is 7.15. The highest BCUT2D eigenvalue weighted by Gasteiger charge is 2.28. The van der Waals surface area contributed by atoms with Crippen molar-refractivity contribution in [1.82, 2.24) is 14.1 Å². The second kappa shape index (κ2) is 4.77. The average molecular weight is 302 g/mol. The van der Waals surface area contributed by atoms with Gasteiger partial charge in [-0.1, -0.05) is 6.07 Å². The summed E-state index contributed by atoms with van der Waals surface area (Å²) in [6, 6.07) is 5.29. The summed E-state index contributed by atoms with van der Waals surface area (Å²) in [6.07, 6.45) is 1.66. The van der Waals surface area contributed by atoms with Crippen LogP contribution < -0.4 is 4.72 Å². The Hall–Kier alpha value is -1.11. The van der Waals surface area contributed by atoms with Crippen molar-refractivity contribution in [3.05, 3.63) is 30.1 Å². The molecule has 0 spiro atoms. The summed E-state index contributed by atoms with van der Waals surface area (Å²) < 4.78 is 29.1. The van der Waals surface area contributed by atoms with Crippen molar-refractivity contribution in [3.63, 3.8) is 0 Å². The molecule has 0 radical (unpaired) electrons. The Labute approximate surface area is 117 Å². The molecule has 0 aromatic carbocycles. The van der Waals surface area contributed by atoms with Crippen molar-refractivity contribution in [2.75, 3.05) is 0 Å². The molecule has 0 amide bonds. The first kappa shape index (κ1) is 14.3. The van der Waals surface area contributed by atoms with Crippen LogP contribution in [0.25, 0.3) is 5.65 Å². The minimum absolute atomic E-state index is 0.0437. The number of aromatic nitrogens is 2. The number of imidazole rings is 1. The average Bonchev–Trinajstić information content (AvgIpc) is 2.64.